The predicted octanol–water partition coefficient (Wildman–Crippen LogP) is 2.33. The van der Waals surface area contributed by atoms with E-state index in [-0.39, 0.29) is 11.5 Å². The van der Waals surface area contributed by atoms with Crippen molar-refractivity contribution in [2.24, 2.45) is 10.3 Å². The van der Waals surface area contributed by atoms with E-state index in [0.717, 1.165) is 22.0 Å². The van der Waals surface area contributed by atoms with Gasteiger partial charge in [-0.15, -0.1) is 0 Å². The zero-order chi connectivity index (χ0) is 10.6. The summed E-state index contributed by atoms with van der Waals surface area (Å²) in [6.07, 6.45) is 0. The third-order valence-electron chi connectivity index (χ3n) is 1.32. The van der Waals surface area contributed by atoms with Crippen LogP contribution in [0.25, 0.3) is 0 Å². The maximum Gasteiger partial charge on any atom is 0.131 e. The molecule has 1 aromatic rings. The van der Waals surface area contributed by atoms with E-state index in [9.17, 15) is 10.2 Å². The highest BCUT2D eigenvalue weighted by Crippen LogP contribution is 2.43. The number of phenols is 2. The predicted molar refractivity (Wildman–Crippen MR) is 65.0 cm³/mol. The smallest absolute Gasteiger partial charge is 0.131 e. The molecule has 0 unspecified atom stereocenters. The van der Waals surface area contributed by atoms with E-state index in [1.807, 2.05) is 0 Å². The lowest BCUT2D eigenvalue weighted by molar-refractivity contribution is 0.439. The summed E-state index contributed by atoms with van der Waals surface area (Å²) in [5, 5.41) is 29.5. The molecule has 0 aromatic heterocycles. The van der Waals surface area contributed by atoms with Gasteiger partial charge in [-0.25, -0.2) is 0 Å². The Morgan fingerprint density at radius 2 is 1.21 bits per heavy atom. The molecule has 0 aliphatic carbocycles. The van der Waals surface area contributed by atoms with E-state index in [0.29, 0.717) is 9.79 Å². The highest BCUT2D eigenvalue weighted by molar-refractivity contribution is 8.76. The number of rotatable bonds is 4. The van der Waals surface area contributed by atoms with E-state index in [1.54, 1.807) is 0 Å². The van der Waals surface area contributed by atoms with Gasteiger partial charge in [0.05, 0.1) is 9.79 Å². The van der Waals surface area contributed by atoms with Crippen LogP contribution in [0.3, 0.4) is 0 Å². The van der Waals surface area contributed by atoms with Crippen molar-refractivity contribution in [2.45, 2.75) is 9.79 Å². The Labute approximate surface area is 97.3 Å². The summed E-state index contributed by atoms with van der Waals surface area (Å²) in [4.78, 5) is 1.06. The number of hydrogen-bond acceptors (Lipinski definition) is 8. The minimum absolute atomic E-state index is 0.0855. The molecule has 14 heavy (non-hydrogen) atoms. The van der Waals surface area contributed by atoms with Gasteiger partial charge in [0.1, 0.15) is 11.5 Å². The normalized spacial score (nSPS) is 10.4. The van der Waals surface area contributed by atoms with Crippen LogP contribution in [0.1, 0.15) is 0 Å². The SMILES string of the molecule is NSSc1cc(O)c(SSN)cc1O. The molecule has 0 saturated carbocycles. The molecule has 1 rings (SSSR count). The molecule has 0 aliphatic heterocycles. The molecule has 0 atom stereocenters. The van der Waals surface area contributed by atoms with Crippen molar-refractivity contribution in [3.05, 3.63) is 12.1 Å². The highest BCUT2D eigenvalue weighted by atomic mass is 33.1. The molecule has 4 nitrogen and oxygen atoms in total. The van der Waals surface area contributed by atoms with Crippen LogP contribution >= 0.6 is 43.5 Å². The van der Waals surface area contributed by atoms with Crippen molar-refractivity contribution in [1.29, 1.82) is 0 Å². The van der Waals surface area contributed by atoms with Crippen LogP contribution < -0.4 is 10.3 Å². The monoisotopic (exact) mass is 268 g/mol. The standard InChI is InChI=1S/C6H8N2O2S4/c7-13-11-5-1-3(9)6(12-14-8)2-4(5)10/h1-2,9-10H,7-8H2. The molecule has 6 N–H and O–H groups in total. The minimum Gasteiger partial charge on any atom is -0.507 e. The fourth-order valence-electron chi connectivity index (χ4n) is 0.776. The molecule has 0 radical (unpaired) electrons. The van der Waals surface area contributed by atoms with Crippen LogP contribution in [0, 0.1) is 0 Å². The van der Waals surface area contributed by atoms with Gasteiger partial charge in [-0.1, -0.05) is 0 Å². The van der Waals surface area contributed by atoms with E-state index in [2.05, 4.69) is 0 Å². The van der Waals surface area contributed by atoms with Crippen molar-refractivity contribution in [1.82, 2.24) is 0 Å². The third kappa shape index (κ3) is 3.07. The van der Waals surface area contributed by atoms with Crippen molar-refractivity contribution in [2.75, 3.05) is 0 Å². The Morgan fingerprint density at radius 3 is 1.50 bits per heavy atom. The fraction of sp³-hybridized carbons (Fsp3) is 0. The molecule has 0 aliphatic rings. The second-order valence-electron chi connectivity index (χ2n) is 2.15. The van der Waals surface area contributed by atoms with Gasteiger partial charge in [0.25, 0.3) is 0 Å². The van der Waals surface area contributed by atoms with E-state index in [4.69, 9.17) is 10.3 Å². The van der Waals surface area contributed by atoms with Crippen molar-refractivity contribution in [3.63, 3.8) is 0 Å². The van der Waals surface area contributed by atoms with Crippen LogP contribution in [-0.2, 0) is 0 Å². The largest absolute Gasteiger partial charge is 0.507 e. The van der Waals surface area contributed by atoms with Gasteiger partial charge in [0, 0.05) is 0 Å². The zero-order valence-electron chi connectivity index (χ0n) is 6.84. The summed E-state index contributed by atoms with van der Waals surface area (Å²) < 4.78 is 0. The van der Waals surface area contributed by atoms with Crippen molar-refractivity contribution < 1.29 is 10.2 Å². The summed E-state index contributed by atoms with van der Waals surface area (Å²) >= 11 is 0. The Hall–Kier alpha value is 0.140. The minimum atomic E-state index is 0.0855. The Bertz CT molecular complexity index is 291. The number of nitrogens with two attached hydrogens (primary N) is 2. The summed E-state index contributed by atoms with van der Waals surface area (Å²) in [7, 11) is 4.37. The summed E-state index contributed by atoms with van der Waals surface area (Å²) in [6.45, 7) is 0. The first kappa shape index (κ1) is 12.2. The van der Waals surface area contributed by atoms with Crippen LogP contribution in [0.2, 0.25) is 0 Å². The van der Waals surface area contributed by atoms with Gasteiger partial charge in [0.2, 0.25) is 0 Å². The molecule has 0 amide bonds. The maximum absolute atomic E-state index is 9.51. The molecule has 1 aromatic carbocycles. The molecule has 8 heteroatoms. The van der Waals surface area contributed by atoms with Gasteiger partial charge >= 0.3 is 0 Å². The van der Waals surface area contributed by atoms with E-state index in [1.165, 1.54) is 33.7 Å². The second-order valence-corrected chi connectivity index (χ2v) is 5.90. The Balaban J connectivity index is 2.97. The first-order chi connectivity index (χ1) is 6.69. The fourth-order valence-corrected chi connectivity index (χ4v) is 3.01. The molecule has 0 bridgehead atoms. The lowest BCUT2D eigenvalue weighted by Gasteiger charge is -2.06. The zero-order valence-corrected chi connectivity index (χ0v) is 10.1. The van der Waals surface area contributed by atoms with E-state index < -0.39 is 0 Å². The Kier molecular flexibility index (Phi) is 5.13. The lowest BCUT2D eigenvalue weighted by Crippen LogP contribution is -1.79. The second kappa shape index (κ2) is 5.89. The molecule has 78 valence electrons. The number of phenolic OH excluding ortho intramolecular Hbond substituents is 2. The molecular formula is C6H8N2O2S4. The van der Waals surface area contributed by atoms with Gasteiger partial charge in [0.15, 0.2) is 0 Å². The van der Waals surface area contributed by atoms with Crippen molar-refractivity contribution in [3.8, 4) is 11.5 Å². The average Bonchev–Trinajstić information content (AvgIpc) is 2.14. The van der Waals surface area contributed by atoms with Crippen molar-refractivity contribution >= 4 is 43.5 Å². The van der Waals surface area contributed by atoms with Gasteiger partial charge in [-0.2, -0.15) is 0 Å². The number of benzene rings is 1. The highest BCUT2D eigenvalue weighted by Gasteiger charge is 2.09. The first-order valence-corrected chi connectivity index (χ1v) is 7.74. The Morgan fingerprint density at radius 1 is 0.857 bits per heavy atom. The first-order valence-electron chi connectivity index (χ1n) is 3.31. The summed E-state index contributed by atoms with van der Waals surface area (Å²) in [5.41, 5.74) is 0. The van der Waals surface area contributed by atoms with Crippen LogP contribution in [0.4, 0.5) is 0 Å². The van der Waals surface area contributed by atoms with Gasteiger partial charge in [-0.05, 0) is 55.7 Å². The summed E-state index contributed by atoms with van der Waals surface area (Å²) in [5.74, 6) is 0.171. The summed E-state index contributed by atoms with van der Waals surface area (Å²) in [6, 6.07) is 2.91. The number of aromatic hydroxyl groups is 2. The van der Waals surface area contributed by atoms with Gasteiger partial charge < -0.3 is 10.2 Å². The van der Waals surface area contributed by atoms with Crippen LogP contribution in [0.5, 0.6) is 11.5 Å². The van der Waals surface area contributed by atoms with Crippen LogP contribution in [0.15, 0.2) is 21.9 Å². The van der Waals surface area contributed by atoms with E-state index >= 15 is 0 Å². The van der Waals surface area contributed by atoms with Crippen LogP contribution in [-0.4, -0.2) is 10.2 Å². The average molecular weight is 268 g/mol. The molecule has 0 fully saturated rings. The molecule has 0 spiro atoms. The topological polar surface area (TPSA) is 92.5 Å². The van der Waals surface area contributed by atoms with Gasteiger partial charge in [-0.3, -0.25) is 10.3 Å². The molecule has 0 saturated heterocycles. The molecular weight excluding hydrogens is 260 g/mol. The quantitative estimate of drug-likeness (QED) is 0.376. The molecule has 0 heterocycles. The lowest BCUT2D eigenvalue weighted by atomic mass is 10.3. The third-order valence-corrected chi connectivity index (χ3v) is 4.18. The maximum atomic E-state index is 9.51. The number of hydrogen-bond donors (Lipinski definition) is 4.